The first kappa shape index (κ1) is 24.7. The zero-order chi connectivity index (χ0) is 25.0. The van der Waals surface area contributed by atoms with Gasteiger partial charge in [0.2, 0.25) is 6.61 Å². The van der Waals surface area contributed by atoms with Crippen LogP contribution >= 0.6 is 23.1 Å². The van der Waals surface area contributed by atoms with E-state index in [1.807, 2.05) is 0 Å². The SMILES string of the molecule is C=CC1=C(C(=O)NCC(=O)O)N2C(=O)[C@@H](NC(=O)/C(=N\OCC(=O)O)c3csc(N)n3)[C@H]2SC1. The van der Waals surface area contributed by atoms with Gasteiger partial charge in [0, 0.05) is 11.1 Å². The minimum atomic E-state index is -1.32. The molecule has 0 unspecified atom stereocenters. The Balaban J connectivity index is 1.78. The van der Waals surface area contributed by atoms with Crippen molar-refractivity contribution >= 4 is 63.6 Å². The molecule has 3 rings (SSSR count). The largest absolute Gasteiger partial charge is 0.480 e. The highest BCUT2D eigenvalue weighted by atomic mass is 32.2. The summed E-state index contributed by atoms with van der Waals surface area (Å²) in [7, 11) is 0. The Kier molecular flexibility index (Phi) is 7.52. The number of anilines is 1. The summed E-state index contributed by atoms with van der Waals surface area (Å²) in [6.45, 7) is 2.18. The van der Waals surface area contributed by atoms with Crippen molar-refractivity contribution in [2.45, 2.75) is 11.4 Å². The fraction of sp³-hybridized carbons (Fsp3) is 0.278. The number of amides is 3. The standard InChI is InChI=1S/C18H18N6O8S2/c1-2-7-5-33-17-12(16(31)24(17)13(7)15(30)20-3-9(25)26)22-14(29)11(23-32-4-10(27)28)8-6-34-18(19)21-8/h2,6,12,17H,1,3-5H2,(H2,19,21)(H,20,30)(H,22,29)(H,25,26)(H,27,28)/b23-11-/t12-,17-/m1/s1. The number of nitrogen functional groups attached to an aromatic ring is 1. The summed E-state index contributed by atoms with van der Waals surface area (Å²) < 4.78 is 0. The second kappa shape index (κ2) is 10.3. The van der Waals surface area contributed by atoms with Crippen LogP contribution in [0.5, 0.6) is 0 Å². The fourth-order valence-electron chi connectivity index (χ4n) is 3.02. The third-order valence-corrected chi connectivity index (χ3v) is 6.45. The van der Waals surface area contributed by atoms with Crippen LogP contribution in [0.3, 0.4) is 0 Å². The quantitative estimate of drug-likeness (QED) is 0.140. The Morgan fingerprint density at radius 1 is 1.35 bits per heavy atom. The van der Waals surface area contributed by atoms with E-state index in [0.29, 0.717) is 5.57 Å². The van der Waals surface area contributed by atoms with Gasteiger partial charge in [-0.25, -0.2) is 9.78 Å². The minimum absolute atomic E-state index is 0.0212. The van der Waals surface area contributed by atoms with Crippen molar-refractivity contribution in [2.75, 3.05) is 24.6 Å². The number of nitrogens with one attached hydrogen (secondary N) is 2. The first-order valence-electron chi connectivity index (χ1n) is 9.38. The van der Waals surface area contributed by atoms with E-state index in [9.17, 15) is 24.0 Å². The highest BCUT2D eigenvalue weighted by molar-refractivity contribution is 8.00. The number of carboxylic acid groups (broad SMARTS) is 2. The van der Waals surface area contributed by atoms with Crippen LogP contribution in [0.4, 0.5) is 5.13 Å². The monoisotopic (exact) mass is 510 g/mol. The van der Waals surface area contributed by atoms with Crippen molar-refractivity contribution in [3.63, 3.8) is 0 Å². The number of thiazole rings is 1. The van der Waals surface area contributed by atoms with E-state index >= 15 is 0 Å². The highest BCUT2D eigenvalue weighted by Crippen LogP contribution is 2.40. The molecule has 180 valence electrons. The third kappa shape index (κ3) is 5.18. The maximum absolute atomic E-state index is 12.9. The van der Waals surface area contributed by atoms with E-state index in [2.05, 4.69) is 32.2 Å². The second-order valence-electron chi connectivity index (χ2n) is 6.69. The van der Waals surface area contributed by atoms with Crippen molar-refractivity contribution in [3.8, 4) is 0 Å². The summed E-state index contributed by atoms with van der Waals surface area (Å²) in [6, 6.07) is -1.05. The molecule has 2 atom stereocenters. The van der Waals surface area contributed by atoms with Gasteiger partial charge in [-0.05, 0) is 5.57 Å². The van der Waals surface area contributed by atoms with Crippen molar-refractivity contribution in [3.05, 3.63) is 35.0 Å². The minimum Gasteiger partial charge on any atom is -0.480 e. The van der Waals surface area contributed by atoms with Crippen LogP contribution in [0, 0.1) is 0 Å². The lowest BCUT2D eigenvalue weighted by Crippen LogP contribution is -2.71. The number of rotatable bonds is 10. The summed E-state index contributed by atoms with van der Waals surface area (Å²) >= 11 is 2.27. The lowest BCUT2D eigenvalue weighted by atomic mass is 10.0. The molecule has 1 saturated heterocycles. The molecule has 3 amide bonds. The van der Waals surface area contributed by atoms with Crippen LogP contribution in [-0.4, -0.2) is 85.8 Å². The maximum atomic E-state index is 12.9. The predicted molar refractivity (Wildman–Crippen MR) is 120 cm³/mol. The van der Waals surface area contributed by atoms with E-state index in [4.69, 9.17) is 15.9 Å². The van der Waals surface area contributed by atoms with Gasteiger partial charge in [0.1, 0.15) is 29.4 Å². The number of carbonyl (C=O) groups excluding carboxylic acids is 3. The summed E-state index contributed by atoms with van der Waals surface area (Å²) in [5.74, 6) is -4.54. The van der Waals surface area contributed by atoms with E-state index in [0.717, 1.165) is 16.2 Å². The van der Waals surface area contributed by atoms with Crippen molar-refractivity contribution in [1.29, 1.82) is 0 Å². The highest BCUT2D eigenvalue weighted by Gasteiger charge is 2.54. The third-order valence-electron chi connectivity index (χ3n) is 4.47. The lowest BCUT2D eigenvalue weighted by Gasteiger charge is -2.49. The normalized spacial score (nSPS) is 19.6. The molecular weight excluding hydrogens is 492 g/mol. The predicted octanol–water partition coefficient (Wildman–Crippen LogP) is -1.43. The number of hydrogen-bond donors (Lipinski definition) is 5. The van der Waals surface area contributed by atoms with Gasteiger partial charge >= 0.3 is 11.9 Å². The molecule has 1 fully saturated rings. The molecule has 1 aromatic rings. The Morgan fingerprint density at radius 3 is 2.68 bits per heavy atom. The van der Waals surface area contributed by atoms with Crippen LogP contribution in [-0.2, 0) is 28.8 Å². The molecule has 0 radical (unpaired) electrons. The van der Waals surface area contributed by atoms with Gasteiger partial charge in [0.25, 0.3) is 17.7 Å². The molecule has 0 spiro atoms. The number of oxime groups is 1. The van der Waals surface area contributed by atoms with Gasteiger partial charge < -0.3 is 31.4 Å². The van der Waals surface area contributed by atoms with Gasteiger partial charge in [-0.2, -0.15) is 0 Å². The van der Waals surface area contributed by atoms with Crippen LogP contribution in [0.1, 0.15) is 5.69 Å². The van der Waals surface area contributed by atoms with Crippen LogP contribution in [0.2, 0.25) is 0 Å². The molecule has 0 saturated carbocycles. The Bertz CT molecular complexity index is 1130. The number of hydrogen-bond acceptors (Lipinski definition) is 11. The first-order chi connectivity index (χ1) is 16.1. The number of nitrogens with zero attached hydrogens (tertiary/aromatic N) is 3. The average Bonchev–Trinajstić information content (AvgIpc) is 3.22. The smallest absolute Gasteiger partial charge is 0.344 e. The number of allylic oxidation sites excluding steroid dienone is 1. The molecule has 16 heteroatoms. The van der Waals surface area contributed by atoms with E-state index in [1.54, 1.807) is 0 Å². The van der Waals surface area contributed by atoms with Gasteiger partial charge in [-0.3, -0.25) is 24.1 Å². The summed E-state index contributed by atoms with van der Waals surface area (Å²) in [5.41, 5.74) is 5.62. The molecule has 1 aromatic heterocycles. The van der Waals surface area contributed by atoms with Crippen LogP contribution < -0.4 is 16.4 Å². The molecule has 2 aliphatic rings. The van der Waals surface area contributed by atoms with Crippen molar-refractivity contribution in [2.24, 2.45) is 5.16 Å². The van der Waals surface area contributed by atoms with E-state index < -0.39 is 54.2 Å². The number of carboxylic acids is 2. The number of thioether (sulfide) groups is 1. The first-order valence-corrected chi connectivity index (χ1v) is 11.3. The summed E-state index contributed by atoms with van der Waals surface area (Å²) in [5, 5.41) is 26.6. The number of β-lactam (4-membered cyclic amide) rings is 1. The molecule has 6 N–H and O–H groups in total. The Morgan fingerprint density at radius 2 is 2.09 bits per heavy atom. The van der Waals surface area contributed by atoms with Gasteiger partial charge in [0.05, 0.1) is 0 Å². The molecule has 34 heavy (non-hydrogen) atoms. The Labute approximate surface area is 199 Å². The van der Waals surface area contributed by atoms with Crippen molar-refractivity contribution < 1.29 is 39.0 Å². The molecule has 14 nitrogen and oxygen atoms in total. The number of aromatic nitrogens is 1. The van der Waals surface area contributed by atoms with Crippen LogP contribution in [0.15, 0.2) is 34.5 Å². The maximum Gasteiger partial charge on any atom is 0.344 e. The van der Waals surface area contributed by atoms with Crippen molar-refractivity contribution in [1.82, 2.24) is 20.5 Å². The van der Waals surface area contributed by atoms with E-state index in [-0.39, 0.29) is 28.0 Å². The Hall–Kier alpha value is -3.92. The fourth-order valence-corrected chi connectivity index (χ4v) is 4.90. The summed E-state index contributed by atoms with van der Waals surface area (Å²) in [6.07, 6.45) is 1.40. The number of aliphatic carboxylic acids is 2. The summed E-state index contributed by atoms with van der Waals surface area (Å²) in [4.78, 5) is 69.5. The van der Waals surface area contributed by atoms with Gasteiger partial charge in [0.15, 0.2) is 10.8 Å². The topological polar surface area (TPSA) is 214 Å². The number of carbonyl (C=O) groups is 5. The molecule has 0 aromatic carbocycles. The molecule has 2 aliphatic heterocycles. The zero-order valence-corrected chi connectivity index (χ0v) is 18.9. The van der Waals surface area contributed by atoms with E-state index in [1.165, 1.54) is 23.2 Å². The zero-order valence-electron chi connectivity index (χ0n) is 17.2. The second-order valence-corrected chi connectivity index (χ2v) is 8.69. The molecule has 0 bridgehead atoms. The van der Waals surface area contributed by atoms with Gasteiger partial charge in [-0.1, -0.05) is 17.8 Å². The van der Waals surface area contributed by atoms with Gasteiger partial charge in [-0.15, -0.1) is 23.1 Å². The molecular formula is C18H18N6O8S2. The molecule has 3 heterocycles. The number of fused-ring (bicyclic) bond motifs is 1. The lowest BCUT2D eigenvalue weighted by molar-refractivity contribution is -0.147. The number of nitrogens with two attached hydrogens (primary N) is 1. The van der Waals surface area contributed by atoms with Crippen LogP contribution in [0.25, 0.3) is 0 Å². The average molecular weight is 511 g/mol. The molecule has 0 aliphatic carbocycles.